The number of ether oxygens (including phenoxy) is 1. The second-order valence-electron chi connectivity index (χ2n) is 4.68. The zero-order valence-electron chi connectivity index (χ0n) is 11.3. The van der Waals surface area contributed by atoms with Crippen LogP contribution in [0.1, 0.15) is 19.8 Å². The number of hydrogen-bond donors (Lipinski definition) is 2. The van der Waals surface area contributed by atoms with Gasteiger partial charge in [-0.2, -0.15) is 0 Å². The molecule has 0 bridgehead atoms. The maximum absolute atomic E-state index is 9.19. The summed E-state index contributed by atoms with van der Waals surface area (Å²) in [5.74, 6) is 0.754. The number of anilines is 1. The van der Waals surface area contributed by atoms with E-state index in [1.165, 1.54) is 0 Å². The molecule has 0 saturated carbocycles. The zero-order valence-corrected chi connectivity index (χ0v) is 11.3. The molecular formula is C14H24N2O2. The van der Waals surface area contributed by atoms with Crippen molar-refractivity contribution in [3.63, 3.8) is 0 Å². The Bertz CT molecular complexity index is 342. The van der Waals surface area contributed by atoms with Gasteiger partial charge < -0.3 is 20.5 Å². The Morgan fingerprint density at radius 2 is 2.06 bits per heavy atom. The van der Waals surface area contributed by atoms with Crippen molar-refractivity contribution in [3.05, 3.63) is 24.3 Å². The summed E-state index contributed by atoms with van der Waals surface area (Å²) in [5.41, 5.74) is 6.46. The van der Waals surface area contributed by atoms with Gasteiger partial charge in [0.1, 0.15) is 5.75 Å². The molecule has 0 spiro atoms. The molecule has 1 rings (SSSR count). The maximum atomic E-state index is 9.19. The monoisotopic (exact) mass is 252 g/mol. The van der Waals surface area contributed by atoms with Gasteiger partial charge >= 0.3 is 0 Å². The molecule has 0 aliphatic carbocycles. The van der Waals surface area contributed by atoms with Crippen LogP contribution in [-0.4, -0.2) is 42.9 Å². The number of aliphatic hydroxyl groups excluding tert-OH is 1. The van der Waals surface area contributed by atoms with Crippen LogP contribution in [0, 0.1) is 0 Å². The molecule has 4 nitrogen and oxygen atoms in total. The van der Waals surface area contributed by atoms with Crippen molar-refractivity contribution < 1.29 is 9.84 Å². The fourth-order valence-corrected chi connectivity index (χ4v) is 1.65. The predicted molar refractivity (Wildman–Crippen MR) is 74.8 cm³/mol. The second-order valence-corrected chi connectivity index (χ2v) is 4.68. The summed E-state index contributed by atoms with van der Waals surface area (Å²) in [6, 6.07) is 7.53. The summed E-state index contributed by atoms with van der Waals surface area (Å²) in [7, 11) is 2.05. The summed E-state index contributed by atoms with van der Waals surface area (Å²) >= 11 is 0. The molecule has 18 heavy (non-hydrogen) atoms. The van der Waals surface area contributed by atoms with Crippen LogP contribution in [0.25, 0.3) is 0 Å². The lowest BCUT2D eigenvalue weighted by molar-refractivity contribution is 0.162. The van der Waals surface area contributed by atoms with Gasteiger partial charge in [0.2, 0.25) is 0 Å². The van der Waals surface area contributed by atoms with Crippen molar-refractivity contribution in [2.75, 3.05) is 32.5 Å². The topological polar surface area (TPSA) is 58.7 Å². The molecule has 0 aromatic heterocycles. The number of aliphatic hydroxyl groups is 1. The Morgan fingerprint density at radius 3 is 2.72 bits per heavy atom. The molecule has 3 N–H and O–H groups in total. The van der Waals surface area contributed by atoms with E-state index in [1.54, 1.807) is 0 Å². The van der Waals surface area contributed by atoms with E-state index < -0.39 is 0 Å². The van der Waals surface area contributed by atoms with Crippen LogP contribution in [0.2, 0.25) is 0 Å². The van der Waals surface area contributed by atoms with Gasteiger partial charge in [0.15, 0.2) is 0 Å². The molecule has 1 aromatic rings. The summed E-state index contributed by atoms with van der Waals surface area (Å²) < 4.78 is 5.61. The first kappa shape index (κ1) is 14.8. The van der Waals surface area contributed by atoms with Gasteiger partial charge in [-0.3, -0.25) is 0 Å². The first-order valence-corrected chi connectivity index (χ1v) is 6.43. The van der Waals surface area contributed by atoms with E-state index in [1.807, 2.05) is 31.2 Å². The van der Waals surface area contributed by atoms with Gasteiger partial charge in [-0.05, 0) is 38.9 Å². The number of nitrogen functional groups attached to an aromatic ring is 1. The normalized spacial score (nSPS) is 12.7. The van der Waals surface area contributed by atoms with Gasteiger partial charge in [-0.15, -0.1) is 0 Å². The van der Waals surface area contributed by atoms with Gasteiger partial charge in [0, 0.05) is 13.1 Å². The minimum Gasteiger partial charge on any atom is -0.491 e. The number of nitrogens with two attached hydrogens (primary N) is 1. The Kier molecular flexibility index (Phi) is 6.54. The number of benzene rings is 1. The fourth-order valence-electron chi connectivity index (χ4n) is 1.65. The summed E-state index contributed by atoms with van der Waals surface area (Å²) in [5, 5.41) is 9.19. The molecule has 4 heteroatoms. The highest BCUT2D eigenvalue weighted by molar-refractivity contribution is 5.51. The summed E-state index contributed by atoms with van der Waals surface area (Å²) in [6.45, 7) is 4.34. The average molecular weight is 252 g/mol. The standard InChI is InChI=1S/C14H24N2O2/c1-12(17)8-10-16(2)9-5-11-18-14-7-4-3-6-13(14)15/h3-4,6-7,12,17H,5,8-11,15H2,1-2H3. The number of rotatable bonds is 8. The van der Waals surface area contributed by atoms with Crippen molar-refractivity contribution in [1.82, 2.24) is 4.90 Å². The lowest BCUT2D eigenvalue weighted by Crippen LogP contribution is -2.24. The van der Waals surface area contributed by atoms with Crippen molar-refractivity contribution in [2.24, 2.45) is 0 Å². The van der Waals surface area contributed by atoms with Crippen LogP contribution in [0.3, 0.4) is 0 Å². The van der Waals surface area contributed by atoms with E-state index in [4.69, 9.17) is 10.5 Å². The van der Waals surface area contributed by atoms with Crippen molar-refractivity contribution in [1.29, 1.82) is 0 Å². The minimum absolute atomic E-state index is 0.229. The average Bonchev–Trinajstić information content (AvgIpc) is 2.34. The molecule has 1 unspecified atom stereocenters. The van der Waals surface area contributed by atoms with E-state index in [0.29, 0.717) is 12.3 Å². The molecular weight excluding hydrogens is 228 g/mol. The number of hydrogen-bond acceptors (Lipinski definition) is 4. The molecule has 0 amide bonds. The third-order valence-corrected chi connectivity index (χ3v) is 2.79. The molecule has 102 valence electrons. The van der Waals surface area contributed by atoms with Crippen molar-refractivity contribution >= 4 is 5.69 Å². The maximum Gasteiger partial charge on any atom is 0.142 e. The molecule has 0 aliphatic heterocycles. The Balaban J connectivity index is 2.13. The van der Waals surface area contributed by atoms with Crippen LogP contribution < -0.4 is 10.5 Å². The van der Waals surface area contributed by atoms with Gasteiger partial charge in [0.25, 0.3) is 0 Å². The lowest BCUT2D eigenvalue weighted by Gasteiger charge is -2.17. The van der Waals surface area contributed by atoms with Crippen LogP contribution in [-0.2, 0) is 0 Å². The smallest absolute Gasteiger partial charge is 0.142 e. The highest BCUT2D eigenvalue weighted by Crippen LogP contribution is 2.19. The molecule has 0 aliphatic rings. The van der Waals surface area contributed by atoms with Crippen LogP contribution in [0.4, 0.5) is 5.69 Å². The van der Waals surface area contributed by atoms with E-state index in [2.05, 4.69) is 11.9 Å². The summed E-state index contributed by atoms with van der Waals surface area (Å²) in [4.78, 5) is 2.20. The molecule has 1 aromatic carbocycles. The molecule has 0 radical (unpaired) electrons. The fraction of sp³-hybridized carbons (Fsp3) is 0.571. The summed E-state index contributed by atoms with van der Waals surface area (Å²) in [6.07, 6.45) is 1.53. The molecule has 0 heterocycles. The molecule has 1 atom stereocenters. The van der Waals surface area contributed by atoms with Crippen LogP contribution in [0.5, 0.6) is 5.75 Å². The Labute approximate surface area is 109 Å². The van der Waals surface area contributed by atoms with E-state index in [-0.39, 0.29) is 6.10 Å². The van der Waals surface area contributed by atoms with Crippen LogP contribution in [0.15, 0.2) is 24.3 Å². The first-order chi connectivity index (χ1) is 8.59. The highest BCUT2D eigenvalue weighted by Gasteiger charge is 2.02. The second kappa shape index (κ2) is 7.95. The van der Waals surface area contributed by atoms with E-state index in [9.17, 15) is 5.11 Å². The van der Waals surface area contributed by atoms with Crippen molar-refractivity contribution in [3.8, 4) is 5.75 Å². The Hall–Kier alpha value is -1.26. The number of nitrogens with zero attached hydrogens (tertiary/aromatic N) is 1. The third kappa shape index (κ3) is 5.89. The largest absolute Gasteiger partial charge is 0.491 e. The van der Waals surface area contributed by atoms with Crippen molar-refractivity contribution in [2.45, 2.75) is 25.9 Å². The molecule has 0 saturated heterocycles. The predicted octanol–water partition coefficient (Wildman–Crippen LogP) is 1.74. The lowest BCUT2D eigenvalue weighted by atomic mass is 10.2. The van der Waals surface area contributed by atoms with E-state index in [0.717, 1.165) is 31.7 Å². The van der Waals surface area contributed by atoms with Gasteiger partial charge in [0.05, 0.1) is 18.4 Å². The zero-order chi connectivity index (χ0) is 13.4. The van der Waals surface area contributed by atoms with Gasteiger partial charge in [-0.25, -0.2) is 0 Å². The van der Waals surface area contributed by atoms with E-state index >= 15 is 0 Å². The highest BCUT2D eigenvalue weighted by atomic mass is 16.5. The minimum atomic E-state index is -0.229. The first-order valence-electron chi connectivity index (χ1n) is 6.43. The van der Waals surface area contributed by atoms with Crippen LogP contribution >= 0.6 is 0 Å². The number of para-hydroxylation sites is 2. The van der Waals surface area contributed by atoms with Gasteiger partial charge in [-0.1, -0.05) is 12.1 Å². The quantitative estimate of drug-likeness (QED) is 0.546. The SMILES string of the molecule is CC(O)CCN(C)CCCOc1ccccc1N. The Morgan fingerprint density at radius 1 is 1.33 bits per heavy atom. The molecule has 0 fully saturated rings. The third-order valence-electron chi connectivity index (χ3n) is 2.79.